The van der Waals surface area contributed by atoms with Crippen LogP contribution in [0.2, 0.25) is 0 Å². The maximum absolute atomic E-state index is 11.0. The zero-order valence-corrected chi connectivity index (χ0v) is 7.84. The van der Waals surface area contributed by atoms with Crippen molar-refractivity contribution in [3.63, 3.8) is 0 Å². The standard InChI is InChI=1S/C9H4O3.HNO2.H2O/c10-7-5-3-1-2-4-6(5)8(11)9(7)12;2-1-3;/h1-4H;(H,2,3);1H2. The lowest BCUT2D eigenvalue weighted by molar-refractivity contribution is 0.312. The van der Waals surface area contributed by atoms with Gasteiger partial charge >= 0.3 is 0 Å². The molecule has 0 unspecified atom stereocenters. The van der Waals surface area contributed by atoms with Gasteiger partial charge in [-0.3, -0.25) is 14.4 Å². The second-order valence-electron chi connectivity index (χ2n) is 2.61. The smallest absolute Gasteiger partial charge is 0.273 e. The first kappa shape index (κ1) is 13.6. The molecular formula is C9H7NO6. The van der Waals surface area contributed by atoms with Crippen LogP contribution in [0.3, 0.4) is 0 Å². The summed E-state index contributed by atoms with van der Waals surface area (Å²) in [5, 5.41) is 8.35. The Balaban J connectivity index is 0.000000511. The summed E-state index contributed by atoms with van der Waals surface area (Å²) in [6.07, 6.45) is 0. The summed E-state index contributed by atoms with van der Waals surface area (Å²) < 4.78 is 0. The lowest BCUT2D eigenvalue weighted by Crippen LogP contribution is -2.29. The second-order valence-corrected chi connectivity index (χ2v) is 2.61. The van der Waals surface area contributed by atoms with Crippen LogP contribution in [0.15, 0.2) is 44.0 Å². The molecule has 7 nitrogen and oxygen atoms in total. The SMILES string of the molecule is O.O=NO.O=c1c(=O)c2ccccc2c1=O. The van der Waals surface area contributed by atoms with Crippen molar-refractivity contribution in [3.05, 3.63) is 59.8 Å². The number of nitrogens with zero attached hydrogens (tertiary/aromatic N) is 1. The third-order valence-electron chi connectivity index (χ3n) is 1.83. The van der Waals surface area contributed by atoms with E-state index >= 15 is 0 Å². The van der Waals surface area contributed by atoms with Crippen LogP contribution in [-0.4, -0.2) is 10.7 Å². The maximum Gasteiger partial charge on any atom is 0.273 e. The Morgan fingerprint density at radius 3 is 1.50 bits per heavy atom. The summed E-state index contributed by atoms with van der Waals surface area (Å²) >= 11 is 0. The Hall–Kier alpha value is -2.41. The Morgan fingerprint density at radius 1 is 0.875 bits per heavy atom. The van der Waals surface area contributed by atoms with Gasteiger partial charge in [0.1, 0.15) is 0 Å². The van der Waals surface area contributed by atoms with Crippen LogP contribution in [0, 0.1) is 4.91 Å². The molecule has 2 rings (SSSR count). The molecule has 7 heteroatoms. The maximum atomic E-state index is 11.0. The van der Waals surface area contributed by atoms with Crippen LogP contribution in [0.1, 0.15) is 0 Å². The van der Waals surface area contributed by atoms with Gasteiger partial charge in [-0.15, -0.1) is 4.91 Å². The van der Waals surface area contributed by atoms with E-state index in [1.165, 1.54) is 17.5 Å². The summed E-state index contributed by atoms with van der Waals surface area (Å²) in [4.78, 5) is 41.0. The summed E-state index contributed by atoms with van der Waals surface area (Å²) in [5.41, 5.74) is -2.29. The van der Waals surface area contributed by atoms with E-state index in [2.05, 4.69) is 0 Å². The van der Waals surface area contributed by atoms with Crippen molar-refractivity contribution in [3.8, 4) is 0 Å². The molecule has 0 aliphatic rings. The Morgan fingerprint density at radius 2 is 1.19 bits per heavy atom. The molecule has 0 saturated heterocycles. The molecule has 2 aromatic carbocycles. The molecule has 2 aromatic rings. The van der Waals surface area contributed by atoms with Gasteiger partial charge in [-0.1, -0.05) is 24.3 Å². The average Bonchev–Trinajstić information content (AvgIpc) is 2.46. The first-order chi connectivity index (χ1) is 7.13. The molecule has 0 atom stereocenters. The molecule has 0 amide bonds. The highest BCUT2D eigenvalue weighted by Crippen LogP contribution is 2.01. The van der Waals surface area contributed by atoms with Crippen molar-refractivity contribution in [2.24, 2.45) is 5.34 Å². The van der Waals surface area contributed by atoms with E-state index in [1.807, 2.05) is 0 Å². The summed E-state index contributed by atoms with van der Waals surface area (Å²) in [6, 6.07) is 6.23. The number of hydrogen-bond donors (Lipinski definition) is 1. The van der Waals surface area contributed by atoms with Gasteiger partial charge in [0.15, 0.2) is 5.34 Å². The zero-order valence-electron chi connectivity index (χ0n) is 7.84. The average molecular weight is 225 g/mol. The predicted molar refractivity (Wildman–Crippen MR) is 56.3 cm³/mol. The Bertz CT molecular complexity index is 575. The van der Waals surface area contributed by atoms with Gasteiger partial charge in [0, 0.05) is 10.8 Å². The summed E-state index contributed by atoms with van der Waals surface area (Å²) in [7, 11) is 0. The van der Waals surface area contributed by atoms with Crippen molar-refractivity contribution in [1.29, 1.82) is 0 Å². The Labute approximate surface area is 87.5 Å². The van der Waals surface area contributed by atoms with Crippen LogP contribution in [0.25, 0.3) is 10.8 Å². The Kier molecular flexibility index (Phi) is 4.64. The number of hydrogen-bond acceptors (Lipinski definition) is 5. The molecule has 0 saturated carbocycles. The first-order valence-corrected chi connectivity index (χ1v) is 3.82. The van der Waals surface area contributed by atoms with E-state index in [0.717, 1.165) is 0 Å². The highest BCUT2D eigenvalue weighted by molar-refractivity contribution is 5.83. The molecule has 3 N–H and O–H groups in total. The van der Waals surface area contributed by atoms with E-state index in [-0.39, 0.29) is 16.2 Å². The van der Waals surface area contributed by atoms with Crippen LogP contribution in [0.4, 0.5) is 0 Å². The van der Waals surface area contributed by atoms with Crippen molar-refractivity contribution in [2.45, 2.75) is 0 Å². The fraction of sp³-hybridized carbons (Fsp3) is 0. The van der Waals surface area contributed by atoms with Gasteiger partial charge in [0.25, 0.3) is 5.43 Å². The van der Waals surface area contributed by atoms with Crippen molar-refractivity contribution in [2.75, 3.05) is 0 Å². The highest BCUT2D eigenvalue weighted by Gasteiger charge is 2.09. The summed E-state index contributed by atoms with van der Waals surface area (Å²) in [6.45, 7) is 0. The number of benzene rings is 1. The fourth-order valence-electron chi connectivity index (χ4n) is 1.23. The minimum Gasteiger partial charge on any atom is -0.412 e. The fourth-order valence-corrected chi connectivity index (χ4v) is 1.23. The molecule has 16 heavy (non-hydrogen) atoms. The second kappa shape index (κ2) is 5.47. The van der Waals surface area contributed by atoms with E-state index in [1.54, 1.807) is 12.1 Å². The molecule has 0 spiro atoms. The van der Waals surface area contributed by atoms with Gasteiger partial charge < -0.3 is 10.7 Å². The van der Waals surface area contributed by atoms with Gasteiger partial charge in [-0.05, 0) is 0 Å². The van der Waals surface area contributed by atoms with E-state index < -0.39 is 16.3 Å². The third-order valence-corrected chi connectivity index (χ3v) is 1.83. The minimum atomic E-state index is -0.920. The molecule has 0 radical (unpaired) electrons. The van der Waals surface area contributed by atoms with Crippen LogP contribution < -0.4 is 16.3 Å². The first-order valence-electron chi connectivity index (χ1n) is 3.82. The van der Waals surface area contributed by atoms with E-state index in [9.17, 15) is 14.4 Å². The van der Waals surface area contributed by atoms with Crippen molar-refractivity contribution in [1.82, 2.24) is 0 Å². The normalized spacial score (nSPS) is 8.75. The number of rotatable bonds is 0. The molecule has 0 bridgehead atoms. The quantitative estimate of drug-likeness (QED) is 0.353. The highest BCUT2D eigenvalue weighted by atomic mass is 16.6. The van der Waals surface area contributed by atoms with Crippen molar-refractivity contribution >= 4 is 10.8 Å². The van der Waals surface area contributed by atoms with E-state index in [0.29, 0.717) is 0 Å². The third kappa shape index (κ3) is 2.15. The number of fused-ring (bicyclic) bond motifs is 1. The van der Waals surface area contributed by atoms with Gasteiger partial charge in [-0.2, -0.15) is 0 Å². The molecule has 0 fully saturated rings. The lowest BCUT2D eigenvalue weighted by atomic mass is 10.2. The van der Waals surface area contributed by atoms with Gasteiger partial charge in [0.05, 0.1) is 0 Å². The molecular weight excluding hydrogens is 218 g/mol. The molecule has 0 aliphatic heterocycles. The van der Waals surface area contributed by atoms with E-state index in [4.69, 9.17) is 10.1 Å². The van der Waals surface area contributed by atoms with Crippen LogP contribution in [0.5, 0.6) is 0 Å². The molecule has 0 aliphatic carbocycles. The van der Waals surface area contributed by atoms with Crippen molar-refractivity contribution < 1.29 is 10.7 Å². The zero-order chi connectivity index (χ0) is 11.4. The molecule has 84 valence electrons. The summed E-state index contributed by atoms with van der Waals surface area (Å²) in [5.74, 6) is 0. The monoisotopic (exact) mass is 225 g/mol. The predicted octanol–water partition coefficient (Wildman–Crippen LogP) is -0.887. The van der Waals surface area contributed by atoms with Crippen LogP contribution >= 0.6 is 0 Å². The topological polar surface area (TPSA) is 132 Å². The largest absolute Gasteiger partial charge is 0.412 e. The molecule has 0 aromatic heterocycles. The van der Waals surface area contributed by atoms with Gasteiger partial charge in [0.2, 0.25) is 10.9 Å². The van der Waals surface area contributed by atoms with Gasteiger partial charge in [-0.25, -0.2) is 0 Å². The minimum absolute atomic E-state index is 0. The lowest BCUT2D eigenvalue weighted by Gasteiger charge is -1.81. The molecule has 0 heterocycles. The van der Waals surface area contributed by atoms with Crippen LogP contribution in [-0.2, 0) is 0 Å².